The first-order valence-corrected chi connectivity index (χ1v) is 9.37. The summed E-state index contributed by atoms with van der Waals surface area (Å²) in [6.07, 6.45) is 3.93. The number of carbonyl (C=O) groups is 2. The van der Waals surface area contributed by atoms with Crippen molar-refractivity contribution in [2.75, 3.05) is 26.2 Å². The largest absolute Gasteiger partial charge is 0.484 e. The van der Waals surface area contributed by atoms with Crippen LogP contribution in [-0.4, -0.2) is 53.9 Å². The summed E-state index contributed by atoms with van der Waals surface area (Å²) in [6.45, 7) is 4.46. The normalized spacial score (nSPS) is 28.5. The molecule has 2 amide bonds. The highest BCUT2D eigenvalue weighted by atomic mass is 16.5. The van der Waals surface area contributed by atoms with Crippen LogP contribution < -0.4 is 4.74 Å². The number of ether oxygens (including phenoxy) is 1. The van der Waals surface area contributed by atoms with Gasteiger partial charge in [0.05, 0.1) is 0 Å². The average Bonchev–Trinajstić information content (AvgIpc) is 2.62. The van der Waals surface area contributed by atoms with Crippen molar-refractivity contribution in [3.05, 3.63) is 29.8 Å². The van der Waals surface area contributed by atoms with Crippen LogP contribution >= 0.6 is 0 Å². The Morgan fingerprint density at radius 3 is 2.80 bits per heavy atom. The Morgan fingerprint density at radius 1 is 1.20 bits per heavy atom. The number of hydrogen-bond acceptors (Lipinski definition) is 3. The van der Waals surface area contributed by atoms with E-state index in [1.807, 2.05) is 36.1 Å². The van der Waals surface area contributed by atoms with Crippen LogP contribution in [0, 0.1) is 18.8 Å². The summed E-state index contributed by atoms with van der Waals surface area (Å²) in [5, 5.41) is 0. The van der Waals surface area contributed by atoms with Gasteiger partial charge >= 0.3 is 0 Å². The molecule has 3 saturated heterocycles. The van der Waals surface area contributed by atoms with Gasteiger partial charge in [-0.15, -0.1) is 0 Å². The molecule has 134 valence electrons. The van der Waals surface area contributed by atoms with Crippen molar-refractivity contribution in [3.63, 3.8) is 0 Å². The number of aryl methyl sites for hydroxylation is 1. The predicted molar refractivity (Wildman–Crippen MR) is 94.2 cm³/mol. The number of amides is 2. The zero-order valence-electron chi connectivity index (χ0n) is 14.8. The summed E-state index contributed by atoms with van der Waals surface area (Å²) in [4.78, 5) is 28.9. The molecule has 3 atom stereocenters. The standard InChI is InChI=1S/C20H26N2O3/c1-14-5-7-17(8-6-14)25-13-20(24)21-10-15-9-16(12-21)18-3-2-4-19(23)22(18)11-15/h5-8,15-16,18H,2-4,9-13H2,1H3/t15?,16?,18-/m1/s1. The van der Waals surface area contributed by atoms with Gasteiger partial charge in [-0.3, -0.25) is 9.59 Å². The molecule has 3 aliphatic rings. The van der Waals surface area contributed by atoms with Gasteiger partial charge in [0.2, 0.25) is 5.91 Å². The fraction of sp³-hybridized carbons (Fsp3) is 0.600. The highest BCUT2D eigenvalue weighted by Gasteiger charge is 2.44. The maximum atomic E-state index is 12.6. The van der Waals surface area contributed by atoms with Crippen LogP contribution in [0.2, 0.25) is 0 Å². The molecule has 3 heterocycles. The van der Waals surface area contributed by atoms with Crippen LogP contribution in [0.25, 0.3) is 0 Å². The predicted octanol–water partition coefficient (Wildman–Crippen LogP) is 2.23. The van der Waals surface area contributed by atoms with Gasteiger partial charge in [0, 0.05) is 32.1 Å². The first kappa shape index (κ1) is 16.4. The van der Waals surface area contributed by atoms with Gasteiger partial charge in [-0.25, -0.2) is 0 Å². The molecular weight excluding hydrogens is 316 g/mol. The molecule has 2 bridgehead atoms. The quantitative estimate of drug-likeness (QED) is 0.846. The molecule has 0 aliphatic carbocycles. The summed E-state index contributed by atoms with van der Waals surface area (Å²) in [7, 11) is 0. The van der Waals surface area contributed by atoms with Gasteiger partial charge < -0.3 is 14.5 Å². The van der Waals surface area contributed by atoms with E-state index in [0.717, 1.165) is 44.6 Å². The molecule has 25 heavy (non-hydrogen) atoms. The van der Waals surface area contributed by atoms with E-state index in [4.69, 9.17) is 4.74 Å². The molecule has 3 aliphatic heterocycles. The third-order valence-corrected chi connectivity index (χ3v) is 5.92. The summed E-state index contributed by atoms with van der Waals surface area (Å²) in [5.74, 6) is 1.96. The van der Waals surface area contributed by atoms with Gasteiger partial charge in [-0.1, -0.05) is 17.7 Å². The van der Waals surface area contributed by atoms with E-state index in [2.05, 4.69) is 4.90 Å². The minimum atomic E-state index is 0.0610. The van der Waals surface area contributed by atoms with Gasteiger partial charge in [-0.2, -0.15) is 0 Å². The zero-order valence-corrected chi connectivity index (χ0v) is 14.8. The lowest BCUT2D eigenvalue weighted by molar-refractivity contribution is -0.149. The van der Waals surface area contributed by atoms with E-state index < -0.39 is 0 Å². The van der Waals surface area contributed by atoms with Gasteiger partial charge in [0.25, 0.3) is 5.91 Å². The second-order valence-corrected chi connectivity index (χ2v) is 7.77. The van der Waals surface area contributed by atoms with Crippen LogP contribution in [0.15, 0.2) is 24.3 Å². The van der Waals surface area contributed by atoms with E-state index in [1.165, 1.54) is 5.56 Å². The van der Waals surface area contributed by atoms with Crippen LogP contribution in [0.5, 0.6) is 5.75 Å². The Balaban J connectivity index is 1.37. The summed E-state index contributed by atoms with van der Waals surface area (Å²) in [6, 6.07) is 8.11. The number of fused-ring (bicyclic) bond motifs is 4. The monoisotopic (exact) mass is 342 g/mol. The fourth-order valence-corrected chi connectivity index (χ4v) is 4.68. The van der Waals surface area contributed by atoms with Crippen molar-refractivity contribution in [1.82, 2.24) is 9.80 Å². The highest BCUT2D eigenvalue weighted by Crippen LogP contribution is 2.37. The van der Waals surface area contributed by atoms with Crippen molar-refractivity contribution in [2.24, 2.45) is 11.8 Å². The molecule has 1 aromatic rings. The van der Waals surface area contributed by atoms with Crippen molar-refractivity contribution in [2.45, 2.75) is 38.6 Å². The molecule has 0 radical (unpaired) electrons. The van der Waals surface area contributed by atoms with Gasteiger partial charge in [-0.05, 0) is 50.2 Å². The van der Waals surface area contributed by atoms with Crippen molar-refractivity contribution >= 4 is 11.8 Å². The van der Waals surface area contributed by atoms with Gasteiger partial charge in [0.1, 0.15) is 5.75 Å². The van der Waals surface area contributed by atoms with Crippen molar-refractivity contribution in [3.8, 4) is 5.75 Å². The van der Waals surface area contributed by atoms with Crippen LogP contribution in [0.1, 0.15) is 31.2 Å². The lowest BCUT2D eigenvalue weighted by Crippen LogP contribution is -2.61. The van der Waals surface area contributed by atoms with E-state index in [9.17, 15) is 9.59 Å². The molecule has 0 N–H and O–H groups in total. The molecule has 4 rings (SSSR count). The molecule has 5 heteroatoms. The number of likely N-dealkylation sites (tertiary alicyclic amines) is 1. The lowest BCUT2D eigenvalue weighted by Gasteiger charge is -2.52. The summed E-state index contributed by atoms with van der Waals surface area (Å²) < 4.78 is 5.67. The zero-order chi connectivity index (χ0) is 17.4. The second kappa shape index (κ2) is 6.70. The Morgan fingerprint density at radius 2 is 2.00 bits per heavy atom. The molecule has 0 spiro atoms. The van der Waals surface area contributed by atoms with Crippen molar-refractivity contribution in [1.29, 1.82) is 0 Å². The number of piperidine rings is 3. The van der Waals surface area contributed by atoms with Crippen LogP contribution in [0.4, 0.5) is 0 Å². The minimum absolute atomic E-state index is 0.0610. The maximum absolute atomic E-state index is 12.6. The Kier molecular flexibility index (Phi) is 4.40. The first-order valence-electron chi connectivity index (χ1n) is 9.37. The maximum Gasteiger partial charge on any atom is 0.260 e. The van der Waals surface area contributed by atoms with E-state index in [1.54, 1.807) is 0 Å². The molecule has 0 aromatic heterocycles. The number of hydrogen-bond donors (Lipinski definition) is 0. The topological polar surface area (TPSA) is 49.9 Å². The molecular formula is C20H26N2O3. The third kappa shape index (κ3) is 3.37. The Bertz CT molecular complexity index is 657. The second-order valence-electron chi connectivity index (χ2n) is 7.77. The third-order valence-electron chi connectivity index (χ3n) is 5.92. The van der Waals surface area contributed by atoms with E-state index >= 15 is 0 Å². The molecule has 5 nitrogen and oxygen atoms in total. The average molecular weight is 342 g/mol. The van der Waals surface area contributed by atoms with Crippen LogP contribution in [0.3, 0.4) is 0 Å². The molecule has 1 aromatic carbocycles. The summed E-state index contributed by atoms with van der Waals surface area (Å²) >= 11 is 0. The van der Waals surface area contributed by atoms with Crippen LogP contribution in [-0.2, 0) is 9.59 Å². The number of rotatable bonds is 3. The number of benzene rings is 1. The highest BCUT2D eigenvalue weighted by molar-refractivity contribution is 5.79. The number of carbonyl (C=O) groups excluding carboxylic acids is 2. The molecule has 3 fully saturated rings. The molecule has 0 saturated carbocycles. The van der Waals surface area contributed by atoms with E-state index in [0.29, 0.717) is 30.2 Å². The number of nitrogens with zero attached hydrogens (tertiary/aromatic N) is 2. The molecule has 2 unspecified atom stereocenters. The lowest BCUT2D eigenvalue weighted by atomic mass is 9.76. The minimum Gasteiger partial charge on any atom is -0.484 e. The van der Waals surface area contributed by atoms with Crippen molar-refractivity contribution < 1.29 is 14.3 Å². The smallest absolute Gasteiger partial charge is 0.260 e. The Hall–Kier alpha value is -2.04. The summed E-state index contributed by atoms with van der Waals surface area (Å²) in [5.41, 5.74) is 1.18. The first-order chi connectivity index (χ1) is 12.1. The Labute approximate surface area is 148 Å². The van der Waals surface area contributed by atoms with E-state index in [-0.39, 0.29) is 12.5 Å². The fourth-order valence-electron chi connectivity index (χ4n) is 4.68. The van der Waals surface area contributed by atoms with Gasteiger partial charge in [0.15, 0.2) is 6.61 Å². The SMILES string of the molecule is Cc1ccc(OCC(=O)N2CC3CC(C2)[C@H]2CCCC(=O)N2C3)cc1.